The van der Waals surface area contributed by atoms with Crippen molar-refractivity contribution in [2.24, 2.45) is 0 Å². The van der Waals surface area contributed by atoms with Crippen LogP contribution in [0.15, 0.2) is 35.7 Å². The Hall–Kier alpha value is -1.88. The van der Waals surface area contributed by atoms with Gasteiger partial charge in [0.05, 0.1) is 12.2 Å². The van der Waals surface area contributed by atoms with Crippen LogP contribution in [0.1, 0.15) is 15.2 Å². The number of carbonyl (C=O) groups is 1. The SMILES string of the molecule is Nc1cc(F)ccc1C(=O)OCCc1cccs1. The molecule has 0 fully saturated rings. The summed E-state index contributed by atoms with van der Waals surface area (Å²) in [6, 6.07) is 7.55. The van der Waals surface area contributed by atoms with E-state index in [0.29, 0.717) is 6.42 Å². The topological polar surface area (TPSA) is 52.3 Å². The van der Waals surface area contributed by atoms with E-state index in [0.717, 1.165) is 10.9 Å². The molecule has 0 unspecified atom stereocenters. The standard InChI is InChI=1S/C13H12FNO2S/c14-9-3-4-11(12(15)8-9)13(16)17-6-5-10-2-1-7-18-10/h1-4,7-8H,5-6,15H2. The Morgan fingerprint density at radius 3 is 2.89 bits per heavy atom. The number of nitrogen functional groups attached to an aromatic ring is 1. The summed E-state index contributed by atoms with van der Waals surface area (Å²) in [7, 11) is 0. The molecular formula is C13H12FNO2S. The van der Waals surface area contributed by atoms with Gasteiger partial charge in [0.15, 0.2) is 0 Å². The third-order valence-electron chi connectivity index (χ3n) is 2.40. The molecule has 2 rings (SSSR count). The van der Waals surface area contributed by atoms with Gasteiger partial charge in [-0.2, -0.15) is 0 Å². The minimum absolute atomic E-state index is 0.0936. The predicted molar refractivity (Wildman–Crippen MR) is 69.1 cm³/mol. The Bertz CT molecular complexity index is 540. The van der Waals surface area contributed by atoms with Crippen molar-refractivity contribution in [1.82, 2.24) is 0 Å². The number of hydrogen-bond donors (Lipinski definition) is 1. The van der Waals surface area contributed by atoms with Gasteiger partial charge in [0.25, 0.3) is 0 Å². The molecule has 1 aromatic carbocycles. The van der Waals surface area contributed by atoms with Gasteiger partial charge in [-0.3, -0.25) is 0 Å². The molecule has 2 N–H and O–H groups in total. The zero-order chi connectivity index (χ0) is 13.0. The average Bonchev–Trinajstić information content (AvgIpc) is 2.81. The summed E-state index contributed by atoms with van der Waals surface area (Å²) in [5, 5.41) is 1.97. The normalized spacial score (nSPS) is 10.3. The zero-order valence-corrected chi connectivity index (χ0v) is 10.4. The highest BCUT2D eigenvalue weighted by Crippen LogP contribution is 2.15. The first-order valence-electron chi connectivity index (χ1n) is 5.41. The van der Waals surface area contributed by atoms with Crippen molar-refractivity contribution in [3.63, 3.8) is 0 Å². The number of halogens is 1. The van der Waals surface area contributed by atoms with Gasteiger partial charge in [-0.05, 0) is 29.6 Å². The van der Waals surface area contributed by atoms with E-state index >= 15 is 0 Å². The van der Waals surface area contributed by atoms with Crippen molar-refractivity contribution >= 4 is 23.0 Å². The molecule has 0 aliphatic heterocycles. The summed E-state index contributed by atoms with van der Waals surface area (Å²) < 4.78 is 17.9. The first-order chi connectivity index (χ1) is 8.66. The predicted octanol–water partition coefficient (Wildman–Crippen LogP) is 2.87. The summed E-state index contributed by atoms with van der Waals surface area (Å²) in [4.78, 5) is 12.8. The molecule has 1 aromatic heterocycles. The number of benzene rings is 1. The minimum Gasteiger partial charge on any atom is -0.462 e. The van der Waals surface area contributed by atoms with Crippen molar-refractivity contribution in [1.29, 1.82) is 0 Å². The molecule has 2 aromatic rings. The van der Waals surface area contributed by atoms with E-state index in [1.165, 1.54) is 12.1 Å². The Kier molecular flexibility index (Phi) is 3.94. The fraction of sp³-hybridized carbons (Fsp3) is 0.154. The van der Waals surface area contributed by atoms with Crippen molar-refractivity contribution in [2.45, 2.75) is 6.42 Å². The Labute approximate surface area is 108 Å². The van der Waals surface area contributed by atoms with Crippen LogP contribution in [0.25, 0.3) is 0 Å². The lowest BCUT2D eigenvalue weighted by Gasteiger charge is -2.06. The lowest BCUT2D eigenvalue weighted by molar-refractivity contribution is 0.0511. The van der Waals surface area contributed by atoms with Crippen LogP contribution in [0.5, 0.6) is 0 Å². The fourth-order valence-corrected chi connectivity index (χ4v) is 2.19. The molecule has 94 valence electrons. The molecule has 0 amide bonds. The second-order valence-electron chi connectivity index (χ2n) is 3.70. The maximum Gasteiger partial charge on any atom is 0.340 e. The van der Waals surface area contributed by atoms with Crippen LogP contribution in [-0.2, 0) is 11.2 Å². The number of esters is 1. The van der Waals surface area contributed by atoms with Gasteiger partial charge < -0.3 is 10.5 Å². The van der Waals surface area contributed by atoms with E-state index in [1.807, 2.05) is 17.5 Å². The number of thiophene rings is 1. The van der Waals surface area contributed by atoms with E-state index in [-0.39, 0.29) is 17.9 Å². The van der Waals surface area contributed by atoms with Crippen LogP contribution < -0.4 is 5.73 Å². The second kappa shape index (κ2) is 5.64. The van der Waals surface area contributed by atoms with E-state index < -0.39 is 11.8 Å². The maximum absolute atomic E-state index is 12.8. The van der Waals surface area contributed by atoms with E-state index in [2.05, 4.69) is 0 Å². The summed E-state index contributed by atoms with van der Waals surface area (Å²) in [6.07, 6.45) is 0.671. The molecule has 18 heavy (non-hydrogen) atoms. The largest absolute Gasteiger partial charge is 0.462 e. The molecule has 1 heterocycles. The third-order valence-corrected chi connectivity index (χ3v) is 3.33. The molecule has 0 radical (unpaired) electrons. The number of carbonyl (C=O) groups excluding carboxylic acids is 1. The van der Waals surface area contributed by atoms with Gasteiger partial charge >= 0.3 is 5.97 Å². The van der Waals surface area contributed by atoms with Crippen LogP contribution in [0.2, 0.25) is 0 Å². The van der Waals surface area contributed by atoms with Crippen LogP contribution in [-0.4, -0.2) is 12.6 Å². The smallest absolute Gasteiger partial charge is 0.340 e. The quantitative estimate of drug-likeness (QED) is 0.683. The summed E-state index contributed by atoms with van der Waals surface area (Å²) in [5.41, 5.74) is 5.84. The molecule has 0 saturated carbocycles. The van der Waals surface area contributed by atoms with Crippen LogP contribution >= 0.6 is 11.3 Å². The highest BCUT2D eigenvalue weighted by Gasteiger charge is 2.11. The first-order valence-corrected chi connectivity index (χ1v) is 6.29. The molecule has 0 spiro atoms. The van der Waals surface area contributed by atoms with Crippen molar-refractivity contribution < 1.29 is 13.9 Å². The molecule has 0 aliphatic rings. The number of hydrogen-bond acceptors (Lipinski definition) is 4. The molecule has 0 saturated heterocycles. The van der Waals surface area contributed by atoms with E-state index in [9.17, 15) is 9.18 Å². The summed E-state index contributed by atoms with van der Waals surface area (Å²) in [6.45, 7) is 0.288. The molecule has 0 aliphatic carbocycles. The molecule has 3 nitrogen and oxygen atoms in total. The first kappa shape index (κ1) is 12.6. The lowest BCUT2D eigenvalue weighted by Crippen LogP contribution is -2.10. The van der Waals surface area contributed by atoms with Gasteiger partial charge in [-0.15, -0.1) is 11.3 Å². The molecule has 0 atom stereocenters. The van der Waals surface area contributed by atoms with E-state index in [1.54, 1.807) is 11.3 Å². The highest BCUT2D eigenvalue weighted by atomic mass is 32.1. The number of rotatable bonds is 4. The van der Waals surface area contributed by atoms with Gasteiger partial charge in [0.2, 0.25) is 0 Å². The zero-order valence-electron chi connectivity index (χ0n) is 9.56. The van der Waals surface area contributed by atoms with Gasteiger partial charge in [-0.1, -0.05) is 6.07 Å². The maximum atomic E-state index is 12.8. The van der Waals surface area contributed by atoms with Gasteiger partial charge in [-0.25, -0.2) is 9.18 Å². The van der Waals surface area contributed by atoms with Crippen molar-refractivity contribution in [3.05, 3.63) is 52.0 Å². The van der Waals surface area contributed by atoms with Gasteiger partial charge in [0.1, 0.15) is 5.82 Å². The number of ether oxygens (including phenoxy) is 1. The van der Waals surface area contributed by atoms with Crippen LogP contribution in [0.3, 0.4) is 0 Å². The number of nitrogens with two attached hydrogens (primary N) is 1. The average molecular weight is 265 g/mol. The molecular weight excluding hydrogens is 253 g/mol. The van der Waals surface area contributed by atoms with Gasteiger partial charge in [0, 0.05) is 17.0 Å². The van der Waals surface area contributed by atoms with Crippen molar-refractivity contribution in [3.8, 4) is 0 Å². The molecule has 0 bridgehead atoms. The van der Waals surface area contributed by atoms with Crippen LogP contribution in [0.4, 0.5) is 10.1 Å². The fourth-order valence-electron chi connectivity index (χ4n) is 1.50. The third kappa shape index (κ3) is 3.07. The summed E-state index contributed by atoms with van der Waals surface area (Å²) in [5.74, 6) is -0.994. The Morgan fingerprint density at radius 2 is 2.22 bits per heavy atom. The van der Waals surface area contributed by atoms with Crippen LogP contribution in [0, 0.1) is 5.82 Å². The number of anilines is 1. The second-order valence-corrected chi connectivity index (χ2v) is 4.73. The Balaban J connectivity index is 1.91. The van der Waals surface area contributed by atoms with Crippen molar-refractivity contribution in [2.75, 3.05) is 12.3 Å². The minimum atomic E-state index is -0.524. The lowest BCUT2D eigenvalue weighted by atomic mass is 10.2. The summed E-state index contributed by atoms with van der Waals surface area (Å²) >= 11 is 1.61. The monoisotopic (exact) mass is 265 g/mol. The molecule has 5 heteroatoms. The highest BCUT2D eigenvalue weighted by molar-refractivity contribution is 7.09. The Morgan fingerprint density at radius 1 is 1.39 bits per heavy atom. The van der Waals surface area contributed by atoms with E-state index in [4.69, 9.17) is 10.5 Å².